The van der Waals surface area contributed by atoms with Crippen molar-refractivity contribution in [3.8, 4) is 0 Å². The number of hydrogen-bond donors (Lipinski definition) is 2. The summed E-state index contributed by atoms with van der Waals surface area (Å²) >= 11 is 11.7. The lowest BCUT2D eigenvalue weighted by Crippen LogP contribution is -2.40. The van der Waals surface area contributed by atoms with Crippen LogP contribution in [0, 0.1) is 11.7 Å². The average Bonchev–Trinajstić information content (AvgIpc) is 2.92. The molecule has 2 rings (SSSR count). The number of nitrogens with one attached hydrogen (secondary N) is 1. The second-order valence-electron chi connectivity index (χ2n) is 5.29. The van der Waals surface area contributed by atoms with Crippen LogP contribution in [0.2, 0.25) is 10.0 Å². The SMILES string of the molecule is C[C@@H](NC(=O)N1CC[C@@H](C(N)=O)C1)c1cc(F)c(Cl)cc1Cl. The first-order valence-electron chi connectivity index (χ1n) is 6.78. The van der Waals surface area contributed by atoms with Gasteiger partial charge in [-0.05, 0) is 31.0 Å². The number of nitrogens with zero attached hydrogens (tertiary/aromatic N) is 1. The quantitative estimate of drug-likeness (QED) is 0.824. The summed E-state index contributed by atoms with van der Waals surface area (Å²) in [6.07, 6.45) is 0.549. The summed E-state index contributed by atoms with van der Waals surface area (Å²) in [4.78, 5) is 24.8. The number of carbonyl (C=O) groups is 2. The van der Waals surface area contributed by atoms with Crippen LogP contribution in [0.25, 0.3) is 0 Å². The number of rotatable bonds is 3. The van der Waals surface area contributed by atoms with Gasteiger partial charge in [0, 0.05) is 18.1 Å². The average molecular weight is 348 g/mol. The van der Waals surface area contributed by atoms with E-state index in [0.29, 0.717) is 18.5 Å². The van der Waals surface area contributed by atoms with Crippen LogP contribution in [-0.4, -0.2) is 29.9 Å². The molecule has 1 heterocycles. The molecule has 0 bridgehead atoms. The topological polar surface area (TPSA) is 75.4 Å². The van der Waals surface area contributed by atoms with Gasteiger partial charge in [0.1, 0.15) is 5.82 Å². The molecule has 0 radical (unpaired) electrons. The van der Waals surface area contributed by atoms with E-state index in [1.54, 1.807) is 6.92 Å². The zero-order valence-electron chi connectivity index (χ0n) is 11.9. The Balaban J connectivity index is 2.03. The van der Waals surface area contributed by atoms with Crippen LogP contribution in [0.15, 0.2) is 12.1 Å². The third-order valence-electron chi connectivity index (χ3n) is 3.72. The first-order chi connectivity index (χ1) is 10.3. The maximum atomic E-state index is 13.5. The summed E-state index contributed by atoms with van der Waals surface area (Å²) in [5.74, 6) is -1.33. The van der Waals surface area contributed by atoms with Crippen LogP contribution in [0.4, 0.5) is 9.18 Å². The summed E-state index contributed by atoms with van der Waals surface area (Å²) < 4.78 is 13.5. The Bertz CT molecular complexity index is 612. The van der Waals surface area contributed by atoms with Crippen LogP contribution in [-0.2, 0) is 4.79 Å². The number of benzene rings is 1. The highest BCUT2D eigenvalue weighted by atomic mass is 35.5. The van der Waals surface area contributed by atoms with Crippen molar-refractivity contribution in [3.05, 3.63) is 33.6 Å². The molecule has 1 aromatic carbocycles. The highest BCUT2D eigenvalue weighted by Crippen LogP contribution is 2.29. The van der Waals surface area contributed by atoms with Gasteiger partial charge in [-0.3, -0.25) is 4.79 Å². The molecule has 0 unspecified atom stereocenters. The normalized spacial score (nSPS) is 19.1. The van der Waals surface area contributed by atoms with E-state index in [0.717, 1.165) is 0 Å². The Morgan fingerprint density at radius 3 is 2.68 bits per heavy atom. The van der Waals surface area contributed by atoms with Crippen LogP contribution >= 0.6 is 23.2 Å². The van der Waals surface area contributed by atoms with Gasteiger partial charge < -0.3 is 16.0 Å². The Labute approximate surface area is 137 Å². The molecular formula is C14H16Cl2FN3O2. The van der Waals surface area contributed by atoms with Crippen molar-refractivity contribution in [2.24, 2.45) is 11.7 Å². The smallest absolute Gasteiger partial charge is 0.317 e. The van der Waals surface area contributed by atoms with Gasteiger partial charge in [0.25, 0.3) is 0 Å². The van der Waals surface area contributed by atoms with E-state index in [1.807, 2.05) is 0 Å². The predicted octanol–water partition coefficient (Wildman–Crippen LogP) is 2.71. The lowest BCUT2D eigenvalue weighted by molar-refractivity contribution is -0.121. The van der Waals surface area contributed by atoms with E-state index in [9.17, 15) is 14.0 Å². The number of amides is 3. The molecule has 0 saturated carbocycles. The Morgan fingerprint density at radius 1 is 1.41 bits per heavy atom. The molecule has 1 fully saturated rings. The molecule has 2 atom stereocenters. The summed E-state index contributed by atoms with van der Waals surface area (Å²) in [7, 11) is 0. The number of halogens is 3. The Morgan fingerprint density at radius 2 is 2.09 bits per heavy atom. The zero-order valence-corrected chi connectivity index (χ0v) is 13.4. The Hall–Kier alpha value is -1.53. The standard InChI is InChI=1S/C14H16Cl2FN3O2/c1-7(9-4-12(17)11(16)5-10(9)15)19-14(22)20-3-2-8(6-20)13(18)21/h4-5,7-8H,2-3,6H2,1H3,(H2,18,21)(H,19,22)/t7-,8-/m1/s1. The van der Waals surface area contributed by atoms with Crippen molar-refractivity contribution in [1.82, 2.24) is 10.2 Å². The number of primary amides is 1. The maximum Gasteiger partial charge on any atom is 0.317 e. The van der Waals surface area contributed by atoms with Crippen molar-refractivity contribution in [3.63, 3.8) is 0 Å². The third-order valence-corrected chi connectivity index (χ3v) is 4.34. The molecule has 1 aliphatic rings. The van der Waals surface area contributed by atoms with E-state index in [4.69, 9.17) is 28.9 Å². The lowest BCUT2D eigenvalue weighted by atomic mass is 10.1. The molecule has 3 amide bonds. The minimum absolute atomic E-state index is 0.0730. The third kappa shape index (κ3) is 3.62. The summed E-state index contributed by atoms with van der Waals surface area (Å²) in [6, 6.07) is 1.66. The van der Waals surface area contributed by atoms with E-state index in [2.05, 4.69) is 5.32 Å². The van der Waals surface area contributed by atoms with E-state index in [-0.39, 0.29) is 28.5 Å². The highest BCUT2D eigenvalue weighted by Gasteiger charge is 2.30. The molecule has 1 aliphatic heterocycles. The van der Waals surface area contributed by atoms with E-state index in [1.165, 1.54) is 17.0 Å². The second-order valence-corrected chi connectivity index (χ2v) is 6.11. The fourth-order valence-corrected chi connectivity index (χ4v) is 2.95. The van der Waals surface area contributed by atoms with Gasteiger partial charge in [0.05, 0.1) is 17.0 Å². The van der Waals surface area contributed by atoms with Gasteiger partial charge in [-0.1, -0.05) is 23.2 Å². The zero-order chi connectivity index (χ0) is 16.4. The number of nitrogens with two attached hydrogens (primary N) is 1. The Kier molecular flexibility index (Phi) is 5.13. The van der Waals surface area contributed by atoms with Gasteiger partial charge in [0.2, 0.25) is 5.91 Å². The number of carbonyl (C=O) groups excluding carboxylic acids is 2. The van der Waals surface area contributed by atoms with Crippen molar-refractivity contribution in [2.75, 3.05) is 13.1 Å². The molecule has 8 heteroatoms. The van der Waals surface area contributed by atoms with Crippen molar-refractivity contribution >= 4 is 35.1 Å². The molecule has 0 spiro atoms. The van der Waals surface area contributed by atoms with Gasteiger partial charge in [-0.25, -0.2) is 9.18 Å². The van der Waals surface area contributed by atoms with Gasteiger partial charge in [0.15, 0.2) is 0 Å². The van der Waals surface area contributed by atoms with Crippen molar-refractivity contribution in [2.45, 2.75) is 19.4 Å². The molecule has 0 aliphatic carbocycles. The van der Waals surface area contributed by atoms with Crippen LogP contribution in [0.3, 0.4) is 0 Å². The second kappa shape index (κ2) is 6.71. The number of hydrogen-bond acceptors (Lipinski definition) is 2. The first-order valence-corrected chi connectivity index (χ1v) is 7.54. The monoisotopic (exact) mass is 347 g/mol. The van der Waals surface area contributed by atoms with Gasteiger partial charge in [-0.2, -0.15) is 0 Å². The van der Waals surface area contributed by atoms with E-state index >= 15 is 0 Å². The largest absolute Gasteiger partial charge is 0.369 e. The molecule has 22 heavy (non-hydrogen) atoms. The van der Waals surface area contributed by atoms with Gasteiger partial charge in [-0.15, -0.1) is 0 Å². The van der Waals surface area contributed by atoms with Gasteiger partial charge >= 0.3 is 6.03 Å². The molecule has 1 aromatic rings. The lowest BCUT2D eigenvalue weighted by Gasteiger charge is -2.22. The summed E-state index contributed by atoms with van der Waals surface area (Å²) in [5, 5.41) is 2.93. The predicted molar refractivity (Wildman–Crippen MR) is 82.2 cm³/mol. The molecule has 1 saturated heterocycles. The van der Waals surface area contributed by atoms with Crippen LogP contribution in [0.5, 0.6) is 0 Å². The van der Waals surface area contributed by atoms with Crippen molar-refractivity contribution < 1.29 is 14.0 Å². The number of urea groups is 1. The fourth-order valence-electron chi connectivity index (χ4n) is 2.40. The molecule has 3 N–H and O–H groups in total. The number of likely N-dealkylation sites (tertiary alicyclic amines) is 1. The molecular weight excluding hydrogens is 332 g/mol. The maximum absolute atomic E-state index is 13.5. The fraction of sp³-hybridized carbons (Fsp3) is 0.429. The summed E-state index contributed by atoms with van der Waals surface area (Å²) in [6.45, 7) is 2.43. The van der Waals surface area contributed by atoms with Crippen LogP contribution in [0.1, 0.15) is 24.9 Å². The molecule has 0 aromatic heterocycles. The molecule has 120 valence electrons. The molecule has 5 nitrogen and oxygen atoms in total. The minimum atomic E-state index is -0.600. The minimum Gasteiger partial charge on any atom is -0.369 e. The van der Waals surface area contributed by atoms with Crippen LogP contribution < -0.4 is 11.1 Å². The van der Waals surface area contributed by atoms with E-state index < -0.39 is 17.8 Å². The summed E-state index contributed by atoms with van der Waals surface area (Å²) in [5.41, 5.74) is 5.67. The highest BCUT2D eigenvalue weighted by molar-refractivity contribution is 6.35. The first kappa shape index (κ1) is 16.8. The van der Waals surface area contributed by atoms with Crippen molar-refractivity contribution in [1.29, 1.82) is 0 Å².